The van der Waals surface area contributed by atoms with Gasteiger partial charge < -0.3 is 0 Å². The maximum atomic E-state index is 12.0. The van der Waals surface area contributed by atoms with Crippen molar-refractivity contribution < 1.29 is 4.79 Å². The number of carbonyl (C=O) groups is 1. The normalized spacial score (nSPS) is 28.2. The predicted octanol–water partition coefficient (Wildman–Crippen LogP) is 3.11. The number of thiocarbonyl (C=S) groups is 1. The van der Waals surface area contributed by atoms with Crippen LogP contribution in [0.15, 0.2) is 23.1 Å². The summed E-state index contributed by atoms with van der Waals surface area (Å²) >= 11 is 6.62. The highest BCUT2D eigenvalue weighted by molar-refractivity contribution is 8.26. The van der Waals surface area contributed by atoms with Gasteiger partial charge in [0.05, 0.1) is 4.91 Å². The van der Waals surface area contributed by atoms with E-state index in [4.69, 9.17) is 12.2 Å². The molecule has 1 aliphatic carbocycles. The van der Waals surface area contributed by atoms with Gasteiger partial charge in [0.15, 0.2) is 0 Å². The summed E-state index contributed by atoms with van der Waals surface area (Å²) in [6, 6.07) is 0. The molecule has 0 saturated carbocycles. The Labute approximate surface area is 106 Å². The Hall–Kier alpha value is -0.610. The molecule has 0 bridgehead atoms. The second-order valence-electron chi connectivity index (χ2n) is 3.99. The number of allylic oxidation sites excluding steroid dienone is 3. The van der Waals surface area contributed by atoms with E-state index in [0.29, 0.717) is 16.8 Å². The van der Waals surface area contributed by atoms with Gasteiger partial charge in [0.1, 0.15) is 4.32 Å². The largest absolute Gasteiger partial charge is 0.293 e. The highest BCUT2D eigenvalue weighted by atomic mass is 32.2. The fraction of sp³-hybridized carbons (Fsp3) is 0.500. The van der Waals surface area contributed by atoms with Crippen LogP contribution >= 0.6 is 24.0 Å². The zero-order chi connectivity index (χ0) is 11.5. The summed E-state index contributed by atoms with van der Waals surface area (Å²) < 4.78 is 0.699. The van der Waals surface area contributed by atoms with E-state index in [0.717, 1.165) is 24.2 Å². The number of rotatable bonds is 2. The van der Waals surface area contributed by atoms with Gasteiger partial charge in [0, 0.05) is 6.54 Å². The van der Waals surface area contributed by atoms with Gasteiger partial charge in [0.2, 0.25) is 0 Å². The Morgan fingerprint density at radius 1 is 1.62 bits per heavy atom. The first-order chi connectivity index (χ1) is 7.72. The average Bonchev–Trinajstić information content (AvgIpc) is 2.55. The van der Waals surface area contributed by atoms with E-state index in [9.17, 15) is 4.79 Å². The van der Waals surface area contributed by atoms with Gasteiger partial charge in [0.25, 0.3) is 5.91 Å². The Morgan fingerprint density at radius 2 is 2.44 bits per heavy atom. The van der Waals surface area contributed by atoms with Crippen LogP contribution in [0.25, 0.3) is 0 Å². The van der Waals surface area contributed by atoms with E-state index >= 15 is 0 Å². The van der Waals surface area contributed by atoms with Crippen molar-refractivity contribution in [2.75, 3.05) is 6.54 Å². The lowest BCUT2D eigenvalue weighted by atomic mass is 9.94. The Kier molecular flexibility index (Phi) is 3.82. The van der Waals surface area contributed by atoms with Crippen molar-refractivity contribution in [2.24, 2.45) is 5.92 Å². The van der Waals surface area contributed by atoms with Crippen molar-refractivity contribution >= 4 is 34.2 Å². The molecule has 2 nitrogen and oxygen atoms in total. The maximum absolute atomic E-state index is 12.0. The fourth-order valence-electron chi connectivity index (χ4n) is 1.97. The summed E-state index contributed by atoms with van der Waals surface area (Å²) in [4.78, 5) is 14.4. The molecule has 1 fully saturated rings. The van der Waals surface area contributed by atoms with Gasteiger partial charge in [-0.15, -0.1) is 0 Å². The van der Waals surface area contributed by atoms with Gasteiger partial charge >= 0.3 is 0 Å². The topological polar surface area (TPSA) is 20.3 Å². The molecule has 1 aliphatic heterocycles. The molecule has 0 aromatic heterocycles. The van der Waals surface area contributed by atoms with Gasteiger partial charge in [-0.2, -0.15) is 0 Å². The molecule has 0 radical (unpaired) electrons. The molecular formula is C12H15NOS2. The first-order valence-corrected chi connectivity index (χ1v) is 6.85. The molecule has 0 N–H and O–H groups in total. The number of nitrogens with zero attached hydrogens (tertiary/aromatic N) is 1. The molecule has 2 rings (SSSR count). The predicted molar refractivity (Wildman–Crippen MR) is 72.1 cm³/mol. The lowest BCUT2D eigenvalue weighted by Crippen LogP contribution is -2.27. The number of thioether (sulfide) groups is 1. The van der Waals surface area contributed by atoms with Gasteiger partial charge in [-0.05, 0) is 32.1 Å². The second kappa shape index (κ2) is 5.15. The summed E-state index contributed by atoms with van der Waals surface area (Å²) in [5.74, 6) is 0.600. The molecule has 1 atom stereocenters. The van der Waals surface area contributed by atoms with E-state index in [1.807, 2.05) is 6.92 Å². The average molecular weight is 253 g/mol. The van der Waals surface area contributed by atoms with E-state index in [1.54, 1.807) is 4.90 Å². The van der Waals surface area contributed by atoms with Crippen LogP contribution in [0.5, 0.6) is 0 Å². The second-order valence-corrected chi connectivity index (χ2v) is 5.67. The monoisotopic (exact) mass is 253 g/mol. The number of hydrogen-bond acceptors (Lipinski definition) is 3. The third kappa shape index (κ3) is 2.38. The SMILES string of the molecule is CCN1C(=O)/C(=C/C2CC=CCC2)SC1=S. The molecule has 1 amide bonds. The van der Waals surface area contributed by atoms with Gasteiger partial charge in [-0.1, -0.05) is 42.2 Å². The smallest absolute Gasteiger partial charge is 0.265 e. The molecule has 86 valence electrons. The maximum Gasteiger partial charge on any atom is 0.265 e. The Bertz CT molecular complexity index is 373. The van der Waals surface area contributed by atoms with Crippen molar-refractivity contribution in [3.8, 4) is 0 Å². The summed E-state index contributed by atoms with van der Waals surface area (Å²) in [5, 5.41) is 0. The minimum absolute atomic E-state index is 0.0899. The van der Waals surface area contributed by atoms with Crippen molar-refractivity contribution in [1.82, 2.24) is 4.90 Å². The highest BCUT2D eigenvalue weighted by Crippen LogP contribution is 2.33. The van der Waals surface area contributed by atoms with E-state index in [2.05, 4.69) is 18.2 Å². The molecule has 1 saturated heterocycles. The molecule has 0 aromatic carbocycles. The summed E-state index contributed by atoms with van der Waals surface area (Å²) in [7, 11) is 0. The zero-order valence-electron chi connectivity index (χ0n) is 9.31. The molecule has 16 heavy (non-hydrogen) atoms. The van der Waals surface area contributed by atoms with E-state index < -0.39 is 0 Å². The van der Waals surface area contributed by atoms with Crippen molar-refractivity contribution in [2.45, 2.75) is 26.2 Å². The first kappa shape index (κ1) is 11.9. The zero-order valence-corrected chi connectivity index (χ0v) is 10.9. The van der Waals surface area contributed by atoms with E-state index in [-0.39, 0.29) is 5.91 Å². The lowest BCUT2D eigenvalue weighted by molar-refractivity contribution is -0.122. The highest BCUT2D eigenvalue weighted by Gasteiger charge is 2.31. The quantitative estimate of drug-likeness (QED) is 0.428. The van der Waals surface area contributed by atoms with Crippen LogP contribution in [-0.4, -0.2) is 21.7 Å². The Balaban J connectivity index is 2.10. The third-order valence-electron chi connectivity index (χ3n) is 2.89. The Morgan fingerprint density at radius 3 is 3.00 bits per heavy atom. The summed E-state index contributed by atoms with van der Waals surface area (Å²) in [5.41, 5.74) is 0. The van der Waals surface area contributed by atoms with E-state index in [1.165, 1.54) is 11.8 Å². The van der Waals surface area contributed by atoms with Gasteiger partial charge in [-0.3, -0.25) is 9.69 Å². The van der Waals surface area contributed by atoms with Crippen LogP contribution in [0.3, 0.4) is 0 Å². The standard InChI is InChI=1S/C12H15NOS2/c1-2-13-11(14)10(16-12(13)15)8-9-6-4-3-5-7-9/h3-4,8-9H,2,5-7H2,1H3/b10-8-. The molecule has 2 aliphatic rings. The van der Waals surface area contributed by atoms with Crippen molar-refractivity contribution in [3.63, 3.8) is 0 Å². The van der Waals surface area contributed by atoms with Crippen LogP contribution in [0.2, 0.25) is 0 Å². The molecule has 0 aromatic rings. The van der Waals surface area contributed by atoms with Crippen LogP contribution in [0.1, 0.15) is 26.2 Å². The molecular weight excluding hydrogens is 238 g/mol. The number of carbonyl (C=O) groups excluding carboxylic acids is 1. The van der Waals surface area contributed by atoms with Crippen LogP contribution in [-0.2, 0) is 4.79 Å². The molecule has 0 spiro atoms. The molecule has 4 heteroatoms. The number of likely N-dealkylation sites (N-methyl/N-ethyl adjacent to an activating group) is 1. The van der Waals surface area contributed by atoms with Crippen molar-refractivity contribution in [1.29, 1.82) is 0 Å². The minimum atomic E-state index is 0.0899. The number of hydrogen-bond donors (Lipinski definition) is 0. The van der Waals surface area contributed by atoms with Crippen molar-refractivity contribution in [3.05, 3.63) is 23.1 Å². The third-order valence-corrected chi connectivity index (χ3v) is 4.28. The molecule has 1 heterocycles. The summed E-state index contributed by atoms with van der Waals surface area (Å²) in [6.07, 6.45) is 9.84. The molecule has 1 unspecified atom stereocenters. The lowest BCUT2D eigenvalue weighted by Gasteiger charge is -2.13. The summed E-state index contributed by atoms with van der Waals surface area (Å²) in [6.45, 7) is 2.63. The van der Waals surface area contributed by atoms with Gasteiger partial charge in [-0.25, -0.2) is 0 Å². The first-order valence-electron chi connectivity index (χ1n) is 5.63. The minimum Gasteiger partial charge on any atom is -0.293 e. The number of amides is 1. The van der Waals surface area contributed by atoms with Crippen LogP contribution in [0.4, 0.5) is 0 Å². The van der Waals surface area contributed by atoms with Crippen LogP contribution in [0, 0.1) is 5.92 Å². The van der Waals surface area contributed by atoms with Crippen LogP contribution < -0.4 is 0 Å². The fourth-order valence-corrected chi connectivity index (χ4v) is 3.42.